The molecule has 3 aliphatic carbocycles. The zero-order valence-electron chi connectivity index (χ0n) is 22.6. The van der Waals surface area contributed by atoms with Crippen LogP contribution in [0.25, 0.3) is 5.76 Å². The number of hydrogen-bond acceptors (Lipinski definition) is 10. The van der Waals surface area contributed by atoms with Gasteiger partial charge in [0, 0.05) is 29.3 Å². The number of quaternary nitrogens is 1. The number of benzene rings is 1. The average Bonchev–Trinajstić information content (AvgIpc) is 3.36. The van der Waals surface area contributed by atoms with Gasteiger partial charge in [0.2, 0.25) is 11.6 Å². The SMILES string of the molecule is C[NH+](C)C1C(=O)C(C(N)=O)=C(O)[C@@]2(O)C(=O)C3=C(O)c4c(O)c5c(c(OC(F)(F)F)c4CC3CC12)C1NCCC1CN5. The van der Waals surface area contributed by atoms with Crippen molar-refractivity contribution < 1.29 is 57.6 Å². The fourth-order valence-corrected chi connectivity index (χ4v) is 7.72. The number of anilines is 1. The first-order valence-electron chi connectivity index (χ1n) is 13.5. The first-order valence-corrected chi connectivity index (χ1v) is 13.5. The van der Waals surface area contributed by atoms with Gasteiger partial charge < -0.3 is 46.4 Å². The van der Waals surface area contributed by atoms with E-state index in [9.17, 15) is 48.0 Å². The molecule has 2 heterocycles. The van der Waals surface area contributed by atoms with Gasteiger partial charge in [-0.2, -0.15) is 0 Å². The minimum absolute atomic E-state index is 0.0577. The molecule has 2 fully saturated rings. The van der Waals surface area contributed by atoms with Gasteiger partial charge in [-0.25, -0.2) is 0 Å². The second kappa shape index (κ2) is 9.09. The standard InChI is InChI=1S/C27H29F3N4O8/c1-34(2)18-11-6-9-5-10-13(19(35)12(9)23(38)26(11,41)24(39)15(21(18)37)25(31)40)20(36)17-14(22(10)42-27(28,29)30)16-8(7-33-17)3-4-32-16/h8-9,11,16,18,32-33,35-36,39,41H,3-7H2,1-2H3,(H2,31,40)/p+1/t8?,9?,11?,16?,18?,26-/m0/s1. The Hall–Kier alpha value is -3.82. The summed E-state index contributed by atoms with van der Waals surface area (Å²) in [4.78, 5) is 39.8. The van der Waals surface area contributed by atoms with Crippen molar-refractivity contribution in [1.82, 2.24) is 5.32 Å². The van der Waals surface area contributed by atoms with E-state index in [1.807, 2.05) is 0 Å². The second-order valence-corrected chi connectivity index (χ2v) is 11.8. The van der Waals surface area contributed by atoms with Gasteiger partial charge in [-0.1, -0.05) is 0 Å². The zero-order valence-corrected chi connectivity index (χ0v) is 22.6. The molecular formula is C27H30F3N4O8+. The summed E-state index contributed by atoms with van der Waals surface area (Å²) in [5.74, 6) is -9.30. The number of aliphatic hydroxyl groups is 3. The van der Waals surface area contributed by atoms with Gasteiger partial charge in [0.15, 0.2) is 17.4 Å². The maximum Gasteiger partial charge on any atom is 0.573 e. The molecule has 2 aliphatic heterocycles. The third-order valence-corrected chi connectivity index (χ3v) is 9.40. The number of phenols is 1. The van der Waals surface area contributed by atoms with Crippen LogP contribution in [0.1, 0.15) is 35.6 Å². The quantitative estimate of drug-likeness (QED) is 0.167. The molecule has 1 aromatic carbocycles. The Bertz CT molecular complexity index is 1520. The fourth-order valence-electron chi connectivity index (χ4n) is 7.72. The van der Waals surface area contributed by atoms with Crippen LogP contribution >= 0.6 is 0 Å². The Kier molecular flexibility index (Phi) is 6.12. The highest BCUT2D eigenvalue weighted by Gasteiger charge is 2.66. The summed E-state index contributed by atoms with van der Waals surface area (Å²) in [5.41, 5.74) is 0.396. The van der Waals surface area contributed by atoms with Gasteiger partial charge in [-0.05, 0) is 37.6 Å². The van der Waals surface area contributed by atoms with Crippen LogP contribution in [0.5, 0.6) is 11.5 Å². The largest absolute Gasteiger partial charge is 0.573 e. The van der Waals surface area contributed by atoms with Crippen LogP contribution in [0.2, 0.25) is 0 Å². The number of aliphatic hydroxyl groups excluding tert-OH is 2. The van der Waals surface area contributed by atoms with Crippen LogP contribution in [-0.4, -0.2) is 83.1 Å². The molecule has 6 atom stereocenters. The molecule has 1 saturated carbocycles. The van der Waals surface area contributed by atoms with Crippen molar-refractivity contribution in [2.45, 2.75) is 43.3 Å². The number of nitrogens with one attached hydrogen (secondary N) is 3. The summed E-state index contributed by atoms with van der Waals surface area (Å²) in [6.45, 7) is 0.846. The summed E-state index contributed by atoms with van der Waals surface area (Å²) in [7, 11) is 3.07. The molecule has 0 aromatic heterocycles. The summed E-state index contributed by atoms with van der Waals surface area (Å²) in [6.07, 6.45) is -5.04. The molecule has 42 heavy (non-hydrogen) atoms. The second-order valence-electron chi connectivity index (χ2n) is 11.8. The lowest BCUT2D eigenvalue weighted by atomic mass is 9.57. The summed E-state index contributed by atoms with van der Waals surface area (Å²) in [5, 5.41) is 51.5. The minimum atomic E-state index is -5.14. The van der Waals surface area contributed by atoms with Crippen LogP contribution < -0.4 is 26.0 Å². The molecule has 12 nitrogen and oxygen atoms in total. The lowest BCUT2D eigenvalue weighted by Gasteiger charge is -2.49. The molecule has 0 spiro atoms. The number of primary amides is 1. The molecule has 0 bridgehead atoms. The third kappa shape index (κ3) is 3.69. The minimum Gasteiger partial charge on any atom is -0.508 e. The molecule has 9 N–H and O–H groups in total. The normalized spacial score (nSPS) is 32.1. The monoisotopic (exact) mass is 595 g/mol. The molecule has 5 aliphatic rings. The van der Waals surface area contributed by atoms with E-state index in [0.29, 0.717) is 24.4 Å². The Morgan fingerprint density at radius 2 is 1.88 bits per heavy atom. The van der Waals surface area contributed by atoms with E-state index < -0.39 is 93.1 Å². The predicted octanol–water partition coefficient (Wildman–Crippen LogP) is -0.478. The fraction of sp³-hybridized carbons (Fsp3) is 0.519. The molecule has 1 aromatic rings. The molecule has 1 amide bonds. The van der Waals surface area contributed by atoms with E-state index in [2.05, 4.69) is 15.4 Å². The Labute approximate surface area is 236 Å². The number of carbonyl (C=O) groups excluding carboxylic acids is 3. The van der Waals surface area contributed by atoms with Crippen molar-refractivity contribution >= 4 is 28.9 Å². The van der Waals surface area contributed by atoms with Crippen LogP contribution in [0.15, 0.2) is 16.9 Å². The number of alkyl halides is 3. The highest BCUT2D eigenvalue weighted by molar-refractivity contribution is 6.24. The van der Waals surface area contributed by atoms with Crippen molar-refractivity contribution in [3.05, 3.63) is 33.6 Å². The van der Waals surface area contributed by atoms with Gasteiger partial charge in [-0.3, -0.25) is 14.4 Å². The van der Waals surface area contributed by atoms with Gasteiger partial charge in [0.25, 0.3) is 5.91 Å². The van der Waals surface area contributed by atoms with E-state index in [1.54, 1.807) is 0 Å². The number of ether oxygens (including phenoxy) is 1. The number of fused-ring (bicyclic) bond motifs is 6. The first kappa shape index (κ1) is 28.3. The maximum absolute atomic E-state index is 14.0. The number of carbonyl (C=O) groups is 3. The summed E-state index contributed by atoms with van der Waals surface area (Å²) in [6, 6.07) is -1.81. The van der Waals surface area contributed by atoms with Gasteiger partial charge in [-0.15, -0.1) is 13.2 Å². The number of hydrogen-bond donors (Lipinski definition) is 8. The topological polar surface area (TPSA) is 196 Å². The van der Waals surface area contributed by atoms with E-state index in [1.165, 1.54) is 14.1 Å². The summed E-state index contributed by atoms with van der Waals surface area (Å²) < 4.78 is 46.0. The Balaban J connectivity index is 1.60. The van der Waals surface area contributed by atoms with Gasteiger partial charge in [0.05, 0.1) is 31.3 Å². The Morgan fingerprint density at radius 1 is 1.19 bits per heavy atom. The molecule has 6 rings (SSSR count). The van der Waals surface area contributed by atoms with Crippen LogP contribution in [0, 0.1) is 17.8 Å². The number of rotatable bonds is 3. The highest BCUT2D eigenvalue weighted by atomic mass is 19.4. The number of nitrogens with two attached hydrogens (primary N) is 1. The van der Waals surface area contributed by atoms with Crippen molar-refractivity contribution in [2.75, 3.05) is 32.5 Å². The van der Waals surface area contributed by atoms with Gasteiger partial charge >= 0.3 is 6.36 Å². The van der Waals surface area contributed by atoms with Crippen molar-refractivity contribution in [2.24, 2.45) is 23.5 Å². The third-order valence-electron chi connectivity index (χ3n) is 9.40. The molecular weight excluding hydrogens is 565 g/mol. The molecule has 15 heteroatoms. The predicted molar refractivity (Wildman–Crippen MR) is 137 cm³/mol. The van der Waals surface area contributed by atoms with E-state index >= 15 is 0 Å². The van der Waals surface area contributed by atoms with Crippen LogP contribution in [0.4, 0.5) is 18.9 Å². The van der Waals surface area contributed by atoms with Crippen molar-refractivity contribution in [1.29, 1.82) is 0 Å². The maximum atomic E-state index is 14.0. The summed E-state index contributed by atoms with van der Waals surface area (Å²) >= 11 is 0. The number of Topliss-reactive ketones (excluding diaryl/α,β-unsaturated/α-hetero) is 2. The van der Waals surface area contributed by atoms with Crippen LogP contribution in [0.3, 0.4) is 0 Å². The Morgan fingerprint density at radius 3 is 2.50 bits per heavy atom. The van der Waals surface area contributed by atoms with E-state index in [4.69, 9.17) is 5.73 Å². The van der Waals surface area contributed by atoms with Crippen LogP contribution in [-0.2, 0) is 20.8 Å². The van der Waals surface area contributed by atoms with E-state index in [-0.39, 0.29) is 35.6 Å². The van der Waals surface area contributed by atoms with Crippen molar-refractivity contribution in [3.8, 4) is 11.5 Å². The van der Waals surface area contributed by atoms with E-state index in [0.717, 1.165) is 0 Å². The number of amides is 1. The van der Waals surface area contributed by atoms with Crippen molar-refractivity contribution in [3.63, 3.8) is 0 Å². The van der Waals surface area contributed by atoms with Gasteiger partial charge in [0.1, 0.15) is 22.8 Å². The number of ketones is 2. The number of aromatic hydroxyl groups is 1. The molecule has 1 saturated heterocycles. The average molecular weight is 596 g/mol. The first-order chi connectivity index (χ1) is 19.6. The zero-order chi connectivity index (χ0) is 30.6. The molecule has 226 valence electrons. The molecule has 5 unspecified atom stereocenters. The molecule has 0 radical (unpaired) electrons. The highest BCUT2D eigenvalue weighted by Crippen LogP contribution is 2.58. The number of likely N-dealkylation sites (N-methyl/N-ethyl adjacent to an activating group) is 1. The lowest BCUT2D eigenvalue weighted by molar-refractivity contribution is -0.880. The number of halogens is 3. The smallest absolute Gasteiger partial charge is 0.508 e. The number of phenolic OH excluding ortho intramolecular Hbond substituents is 1. The lowest BCUT2D eigenvalue weighted by Crippen LogP contribution is -3.13.